The Bertz CT molecular complexity index is 421. The van der Waals surface area contributed by atoms with E-state index in [9.17, 15) is 0 Å². The lowest BCUT2D eigenvalue weighted by molar-refractivity contribution is 0.318. The maximum Gasteiger partial charge on any atom is 0.120 e. The third-order valence-electron chi connectivity index (χ3n) is 3.43. The standard InChI is InChI=1S/C16H21NOS/c17-13-14-6-4-7-15(12-14)18-10-5-11-19-16-8-2-1-3-9-16/h4,6-7,12,16H,1-3,5,8-11H2. The number of nitriles is 1. The normalized spacial score (nSPS) is 15.9. The van der Waals surface area contributed by atoms with Gasteiger partial charge in [0.05, 0.1) is 18.2 Å². The van der Waals surface area contributed by atoms with E-state index in [0.29, 0.717) is 5.56 Å². The lowest BCUT2D eigenvalue weighted by atomic mass is 10.0. The molecule has 1 aliphatic carbocycles. The highest BCUT2D eigenvalue weighted by molar-refractivity contribution is 7.99. The molecule has 0 unspecified atom stereocenters. The van der Waals surface area contributed by atoms with E-state index in [0.717, 1.165) is 24.0 Å². The molecule has 2 nitrogen and oxygen atoms in total. The first-order valence-electron chi connectivity index (χ1n) is 7.13. The largest absolute Gasteiger partial charge is 0.494 e. The summed E-state index contributed by atoms with van der Waals surface area (Å²) >= 11 is 2.11. The average Bonchev–Trinajstić information content (AvgIpc) is 2.48. The molecule has 3 heteroatoms. The zero-order valence-electron chi connectivity index (χ0n) is 11.3. The molecule has 1 aromatic rings. The number of rotatable bonds is 6. The van der Waals surface area contributed by atoms with Crippen LogP contribution in [0, 0.1) is 11.3 Å². The molecule has 0 spiro atoms. The van der Waals surface area contributed by atoms with Crippen molar-refractivity contribution >= 4 is 11.8 Å². The van der Waals surface area contributed by atoms with Crippen LogP contribution in [0.25, 0.3) is 0 Å². The average molecular weight is 275 g/mol. The monoisotopic (exact) mass is 275 g/mol. The van der Waals surface area contributed by atoms with Crippen LogP contribution in [0.1, 0.15) is 44.1 Å². The fourth-order valence-corrected chi connectivity index (χ4v) is 3.67. The number of hydrogen-bond acceptors (Lipinski definition) is 3. The highest BCUT2D eigenvalue weighted by Gasteiger charge is 2.12. The van der Waals surface area contributed by atoms with E-state index in [1.807, 2.05) is 12.1 Å². The van der Waals surface area contributed by atoms with E-state index in [-0.39, 0.29) is 0 Å². The number of benzene rings is 1. The lowest BCUT2D eigenvalue weighted by Crippen LogP contribution is -2.09. The van der Waals surface area contributed by atoms with Crippen molar-refractivity contribution in [1.29, 1.82) is 5.26 Å². The highest BCUT2D eigenvalue weighted by Crippen LogP contribution is 2.28. The molecule has 1 fully saturated rings. The second kappa shape index (κ2) is 8.12. The Morgan fingerprint density at radius 2 is 2.11 bits per heavy atom. The molecule has 0 atom stereocenters. The van der Waals surface area contributed by atoms with Gasteiger partial charge in [-0.15, -0.1) is 0 Å². The molecule has 0 heterocycles. The molecule has 0 amide bonds. The quantitative estimate of drug-likeness (QED) is 0.722. The van der Waals surface area contributed by atoms with Crippen LogP contribution in [-0.4, -0.2) is 17.6 Å². The van der Waals surface area contributed by atoms with Gasteiger partial charge in [-0.05, 0) is 43.2 Å². The SMILES string of the molecule is N#Cc1cccc(OCCCSC2CCCCC2)c1. The first kappa shape index (κ1) is 14.3. The third-order valence-corrected chi connectivity index (χ3v) is 4.89. The van der Waals surface area contributed by atoms with E-state index in [4.69, 9.17) is 10.00 Å². The van der Waals surface area contributed by atoms with Gasteiger partial charge in [0.25, 0.3) is 0 Å². The first-order chi connectivity index (χ1) is 9.38. The van der Waals surface area contributed by atoms with Crippen LogP contribution in [0.3, 0.4) is 0 Å². The van der Waals surface area contributed by atoms with Gasteiger partial charge in [0.15, 0.2) is 0 Å². The van der Waals surface area contributed by atoms with E-state index in [2.05, 4.69) is 17.8 Å². The lowest BCUT2D eigenvalue weighted by Gasteiger charge is -2.20. The minimum Gasteiger partial charge on any atom is -0.494 e. The first-order valence-corrected chi connectivity index (χ1v) is 8.18. The predicted octanol–water partition coefficient (Wildman–Crippen LogP) is 4.39. The van der Waals surface area contributed by atoms with Crippen molar-refractivity contribution in [1.82, 2.24) is 0 Å². The minimum atomic E-state index is 0.661. The van der Waals surface area contributed by atoms with Crippen LogP contribution in [-0.2, 0) is 0 Å². The summed E-state index contributed by atoms with van der Waals surface area (Å²) in [5.74, 6) is 1.99. The van der Waals surface area contributed by atoms with Gasteiger partial charge >= 0.3 is 0 Å². The Labute approximate surface area is 120 Å². The second-order valence-corrected chi connectivity index (χ2v) is 6.38. The van der Waals surface area contributed by atoms with Crippen LogP contribution in [0.15, 0.2) is 24.3 Å². The molecular formula is C16H21NOS. The van der Waals surface area contributed by atoms with Crippen LogP contribution in [0.4, 0.5) is 0 Å². The number of nitrogens with zero attached hydrogens (tertiary/aromatic N) is 1. The Kier molecular flexibility index (Phi) is 6.10. The molecule has 0 saturated heterocycles. The highest BCUT2D eigenvalue weighted by atomic mass is 32.2. The molecule has 0 radical (unpaired) electrons. The topological polar surface area (TPSA) is 33.0 Å². The number of hydrogen-bond donors (Lipinski definition) is 0. The van der Waals surface area contributed by atoms with Gasteiger partial charge in [-0.1, -0.05) is 25.3 Å². The van der Waals surface area contributed by atoms with E-state index < -0.39 is 0 Å². The van der Waals surface area contributed by atoms with Crippen molar-refractivity contribution in [2.75, 3.05) is 12.4 Å². The van der Waals surface area contributed by atoms with Gasteiger partial charge in [0.2, 0.25) is 0 Å². The molecule has 1 aliphatic rings. The summed E-state index contributed by atoms with van der Waals surface area (Å²) in [5.41, 5.74) is 0.661. The summed E-state index contributed by atoms with van der Waals surface area (Å²) in [6.07, 6.45) is 8.13. The molecule has 2 rings (SSSR count). The van der Waals surface area contributed by atoms with Gasteiger partial charge in [-0.2, -0.15) is 17.0 Å². The maximum absolute atomic E-state index is 8.81. The van der Waals surface area contributed by atoms with Crippen molar-refractivity contribution in [3.05, 3.63) is 29.8 Å². The Hall–Kier alpha value is -1.14. The molecule has 0 aliphatic heterocycles. The Morgan fingerprint density at radius 1 is 1.26 bits per heavy atom. The molecule has 0 aromatic heterocycles. The number of ether oxygens (including phenoxy) is 1. The zero-order valence-corrected chi connectivity index (χ0v) is 12.1. The second-order valence-electron chi connectivity index (χ2n) is 4.97. The van der Waals surface area contributed by atoms with E-state index >= 15 is 0 Å². The van der Waals surface area contributed by atoms with Gasteiger partial charge in [-0.25, -0.2) is 0 Å². The summed E-state index contributed by atoms with van der Waals surface area (Å²) < 4.78 is 5.67. The van der Waals surface area contributed by atoms with Gasteiger partial charge in [0, 0.05) is 5.25 Å². The van der Waals surface area contributed by atoms with Gasteiger partial charge in [-0.3, -0.25) is 0 Å². The molecule has 102 valence electrons. The van der Waals surface area contributed by atoms with Gasteiger partial charge < -0.3 is 4.74 Å². The summed E-state index contributed by atoms with van der Waals surface area (Å²) in [6.45, 7) is 0.745. The van der Waals surface area contributed by atoms with E-state index in [1.165, 1.54) is 37.9 Å². The van der Waals surface area contributed by atoms with Crippen LogP contribution >= 0.6 is 11.8 Å². The molecule has 0 N–H and O–H groups in total. The third kappa shape index (κ3) is 5.16. The van der Waals surface area contributed by atoms with Crippen molar-refractivity contribution in [3.8, 4) is 11.8 Å². The molecular weight excluding hydrogens is 254 g/mol. The molecule has 1 saturated carbocycles. The van der Waals surface area contributed by atoms with Crippen LogP contribution in [0.2, 0.25) is 0 Å². The molecule has 1 aromatic carbocycles. The van der Waals surface area contributed by atoms with Gasteiger partial charge in [0.1, 0.15) is 5.75 Å². The fourth-order valence-electron chi connectivity index (χ4n) is 2.39. The zero-order chi connectivity index (χ0) is 13.3. The number of thioether (sulfide) groups is 1. The smallest absolute Gasteiger partial charge is 0.120 e. The van der Waals surface area contributed by atoms with E-state index in [1.54, 1.807) is 12.1 Å². The summed E-state index contributed by atoms with van der Waals surface area (Å²) in [6, 6.07) is 9.50. The Morgan fingerprint density at radius 3 is 2.89 bits per heavy atom. The van der Waals surface area contributed by atoms with Crippen molar-refractivity contribution in [2.45, 2.75) is 43.8 Å². The Balaban J connectivity index is 1.59. The summed E-state index contributed by atoms with van der Waals surface area (Å²) in [5, 5.41) is 9.69. The van der Waals surface area contributed by atoms with Crippen LogP contribution < -0.4 is 4.74 Å². The van der Waals surface area contributed by atoms with Crippen molar-refractivity contribution < 1.29 is 4.74 Å². The summed E-state index contributed by atoms with van der Waals surface area (Å²) in [7, 11) is 0. The fraction of sp³-hybridized carbons (Fsp3) is 0.562. The molecule has 0 bridgehead atoms. The predicted molar refractivity (Wildman–Crippen MR) is 80.6 cm³/mol. The maximum atomic E-state index is 8.81. The van der Waals surface area contributed by atoms with Crippen molar-refractivity contribution in [3.63, 3.8) is 0 Å². The summed E-state index contributed by atoms with van der Waals surface area (Å²) in [4.78, 5) is 0. The van der Waals surface area contributed by atoms with Crippen molar-refractivity contribution in [2.24, 2.45) is 0 Å². The van der Waals surface area contributed by atoms with Crippen LogP contribution in [0.5, 0.6) is 5.75 Å². The minimum absolute atomic E-state index is 0.661. The molecule has 19 heavy (non-hydrogen) atoms.